The number of nitrogens with zero attached hydrogens (tertiary/aromatic N) is 3. The van der Waals surface area contributed by atoms with Gasteiger partial charge in [-0.3, -0.25) is 10.1 Å². The minimum Gasteiger partial charge on any atom is -0.454 e. The average Bonchev–Trinajstić information content (AvgIpc) is 3.57. The highest BCUT2D eigenvalue weighted by molar-refractivity contribution is 7.89. The van der Waals surface area contributed by atoms with Crippen LogP contribution in [0.25, 0.3) is 11.5 Å². The van der Waals surface area contributed by atoms with Gasteiger partial charge in [0.25, 0.3) is 5.91 Å². The Morgan fingerprint density at radius 2 is 1.69 bits per heavy atom. The molecule has 0 saturated heterocycles. The van der Waals surface area contributed by atoms with Gasteiger partial charge in [-0.15, -0.1) is 5.10 Å². The van der Waals surface area contributed by atoms with Crippen LogP contribution in [0.1, 0.15) is 21.5 Å². The number of benzene rings is 3. The Morgan fingerprint density at radius 3 is 2.53 bits per heavy atom. The topological polar surface area (TPSA) is 124 Å². The summed E-state index contributed by atoms with van der Waals surface area (Å²) in [5.41, 5.74) is 3.03. The number of rotatable bonds is 5. The van der Waals surface area contributed by atoms with Gasteiger partial charge in [-0.1, -0.05) is 29.4 Å². The Bertz CT molecular complexity index is 1570. The molecule has 0 atom stereocenters. The van der Waals surface area contributed by atoms with E-state index in [0.29, 0.717) is 36.6 Å². The molecular weight excluding hydrogens is 484 g/mol. The molecule has 36 heavy (non-hydrogen) atoms. The Balaban J connectivity index is 1.14. The second-order valence-corrected chi connectivity index (χ2v) is 10.3. The fraction of sp³-hybridized carbons (Fsp3) is 0.160. The first-order valence-corrected chi connectivity index (χ1v) is 12.6. The molecule has 10 nitrogen and oxygen atoms in total. The van der Waals surface area contributed by atoms with Gasteiger partial charge in [0, 0.05) is 24.2 Å². The summed E-state index contributed by atoms with van der Waals surface area (Å²) < 4.78 is 44.0. The van der Waals surface area contributed by atoms with Crippen LogP contribution in [0.2, 0.25) is 0 Å². The summed E-state index contributed by atoms with van der Waals surface area (Å²) >= 11 is 0. The second-order valence-electron chi connectivity index (χ2n) is 8.32. The summed E-state index contributed by atoms with van der Waals surface area (Å²) in [5.74, 6) is 0.891. The van der Waals surface area contributed by atoms with Crippen molar-refractivity contribution < 1.29 is 27.1 Å². The molecule has 0 bridgehead atoms. The fourth-order valence-corrected chi connectivity index (χ4v) is 5.61. The molecule has 0 radical (unpaired) electrons. The van der Waals surface area contributed by atoms with E-state index in [9.17, 15) is 13.2 Å². The lowest BCUT2D eigenvalue weighted by Crippen LogP contribution is -2.35. The van der Waals surface area contributed by atoms with E-state index in [2.05, 4.69) is 15.5 Å². The lowest BCUT2D eigenvalue weighted by molar-refractivity contribution is 0.102. The lowest BCUT2D eigenvalue weighted by Gasteiger charge is -2.28. The molecular formula is C25H20N4O6S. The summed E-state index contributed by atoms with van der Waals surface area (Å²) in [4.78, 5) is 12.8. The van der Waals surface area contributed by atoms with Crippen LogP contribution in [0.5, 0.6) is 11.5 Å². The van der Waals surface area contributed by atoms with Crippen molar-refractivity contribution >= 4 is 21.9 Å². The Morgan fingerprint density at radius 1 is 0.917 bits per heavy atom. The van der Waals surface area contributed by atoms with Gasteiger partial charge in [-0.2, -0.15) is 4.31 Å². The number of carbonyl (C=O) groups is 1. The van der Waals surface area contributed by atoms with Crippen LogP contribution in [0.4, 0.5) is 6.01 Å². The SMILES string of the molecule is O=C(Nc1nnc(-c2ccc3c(c2)OCO3)o1)c1ccc(S(=O)(=O)N2CCc3ccccc3C2)cc1. The zero-order valence-corrected chi connectivity index (χ0v) is 19.7. The van der Waals surface area contributed by atoms with Crippen molar-refractivity contribution in [2.75, 3.05) is 18.7 Å². The first kappa shape index (κ1) is 22.3. The maximum atomic E-state index is 13.2. The summed E-state index contributed by atoms with van der Waals surface area (Å²) in [7, 11) is -3.70. The third-order valence-electron chi connectivity index (χ3n) is 6.11. The number of ether oxygens (including phenoxy) is 2. The number of nitrogens with one attached hydrogen (secondary N) is 1. The summed E-state index contributed by atoms with van der Waals surface area (Å²) in [6, 6.07) is 18.7. The van der Waals surface area contributed by atoms with E-state index in [1.165, 1.54) is 34.1 Å². The molecule has 4 aromatic rings. The lowest BCUT2D eigenvalue weighted by atomic mass is 10.0. The predicted octanol–water partition coefficient (Wildman–Crippen LogP) is 3.46. The van der Waals surface area contributed by atoms with Gasteiger partial charge in [0.05, 0.1) is 4.90 Å². The monoisotopic (exact) mass is 504 g/mol. The van der Waals surface area contributed by atoms with E-state index in [1.54, 1.807) is 18.2 Å². The van der Waals surface area contributed by atoms with Crippen LogP contribution in [0.15, 0.2) is 76.0 Å². The third-order valence-corrected chi connectivity index (χ3v) is 7.97. The van der Waals surface area contributed by atoms with E-state index in [0.717, 1.165) is 5.56 Å². The molecule has 0 aliphatic carbocycles. The van der Waals surface area contributed by atoms with Crippen molar-refractivity contribution in [1.29, 1.82) is 0 Å². The van der Waals surface area contributed by atoms with Gasteiger partial charge in [-0.25, -0.2) is 8.42 Å². The van der Waals surface area contributed by atoms with Gasteiger partial charge in [0.2, 0.25) is 22.7 Å². The van der Waals surface area contributed by atoms with E-state index < -0.39 is 15.9 Å². The van der Waals surface area contributed by atoms with Crippen molar-refractivity contribution in [2.24, 2.45) is 0 Å². The molecule has 1 N–H and O–H groups in total. The molecule has 0 unspecified atom stereocenters. The molecule has 3 aromatic carbocycles. The maximum Gasteiger partial charge on any atom is 0.322 e. The van der Waals surface area contributed by atoms with Gasteiger partial charge in [0.15, 0.2) is 11.5 Å². The van der Waals surface area contributed by atoms with Gasteiger partial charge >= 0.3 is 6.01 Å². The standard InChI is InChI=1S/C25H20N4O6S/c30-23(26-25-28-27-24(35-25)18-7-10-21-22(13-18)34-15-33-21)17-5-8-20(9-6-17)36(31,32)29-12-11-16-3-1-2-4-19(16)14-29/h1-10,13H,11-12,14-15H2,(H,26,28,30). The second kappa shape index (κ2) is 8.77. The molecule has 1 aromatic heterocycles. The molecule has 182 valence electrons. The van der Waals surface area contributed by atoms with Crippen LogP contribution >= 0.6 is 0 Å². The van der Waals surface area contributed by atoms with Crippen molar-refractivity contribution in [3.05, 3.63) is 83.4 Å². The summed E-state index contributed by atoms with van der Waals surface area (Å²) in [5, 5.41) is 10.4. The normalized spacial score (nSPS) is 14.9. The first-order chi connectivity index (χ1) is 17.5. The maximum absolute atomic E-state index is 13.2. The smallest absolute Gasteiger partial charge is 0.322 e. The minimum absolute atomic E-state index is 0.0867. The van der Waals surface area contributed by atoms with Gasteiger partial charge in [0.1, 0.15) is 0 Å². The molecule has 0 spiro atoms. The summed E-state index contributed by atoms with van der Waals surface area (Å²) in [6.07, 6.45) is 0.661. The highest BCUT2D eigenvalue weighted by Crippen LogP contribution is 2.35. The van der Waals surface area contributed by atoms with Crippen LogP contribution < -0.4 is 14.8 Å². The molecule has 3 heterocycles. The average molecular weight is 505 g/mol. The van der Waals surface area contributed by atoms with Crippen molar-refractivity contribution in [1.82, 2.24) is 14.5 Å². The minimum atomic E-state index is -3.70. The molecule has 1 amide bonds. The highest BCUT2D eigenvalue weighted by atomic mass is 32.2. The van der Waals surface area contributed by atoms with Gasteiger partial charge < -0.3 is 13.9 Å². The van der Waals surface area contributed by atoms with Crippen molar-refractivity contribution in [3.8, 4) is 23.0 Å². The fourth-order valence-electron chi connectivity index (χ4n) is 4.19. The van der Waals surface area contributed by atoms with Gasteiger partial charge in [-0.05, 0) is 60.0 Å². The molecule has 0 saturated carbocycles. The number of anilines is 1. The number of hydrogen-bond donors (Lipinski definition) is 1. The summed E-state index contributed by atoms with van der Waals surface area (Å²) in [6.45, 7) is 0.879. The third kappa shape index (κ3) is 4.08. The van der Waals surface area contributed by atoms with E-state index >= 15 is 0 Å². The Kier molecular flexibility index (Phi) is 5.42. The number of fused-ring (bicyclic) bond motifs is 2. The molecule has 2 aliphatic rings. The largest absolute Gasteiger partial charge is 0.454 e. The van der Waals surface area contributed by atoms with Crippen LogP contribution in [-0.4, -0.2) is 42.2 Å². The van der Waals surface area contributed by atoms with Crippen LogP contribution in [-0.2, 0) is 23.0 Å². The van der Waals surface area contributed by atoms with E-state index in [-0.39, 0.29) is 29.2 Å². The zero-order chi connectivity index (χ0) is 24.7. The van der Waals surface area contributed by atoms with Crippen LogP contribution in [0, 0.1) is 0 Å². The van der Waals surface area contributed by atoms with E-state index in [1.807, 2.05) is 24.3 Å². The Hall–Kier alpha value is -4.22. The number of amides is 1. The molecule has 0 fully saturated rings. The Labute approximate surface area is 206 Å². The predicted molar refractivity (Wildman–Crippen MR) is 128 cm³/mol. The number of carbonyl (C=O) groups excluding carboxylic acids is 1. The number of hydrogen-bond acceptors (Lipinski definition) is 8. The molecule has 6 rings (SSSR count). The number of sulfonamides is 1. The zero-order valence-electron chi connectivity index (χ0n) is 18.9. The van der Waals surface area contributed by atoms with Crippen LogP contribution in [0.3, 0.4) is 0 Å². The highest BCUT2D eigenvalue weighted by Gasteiger charge is 2.28. The molecule has 11 heteroatoms. The molecule has 2 aliphatic heterocycles. The number of aromatic nitrogens is 2. The quantitative estimate of drug-likeness (QED) is 0.438. The first-order valence-electron chi connectivity index (χ1n) is 11.2. The van der Waals surface area contributed by atoms with Crippen molar-refractivity contribution in [3.63, 3.8) is 0 Å². The van der Waals surface area contributed by atoms with E-state index in [4.69, 9.17) is 13.9 Å². The van der Waals surface area contributed by atoms with Crippen molar-refractivity contribution in [2.45, 2.75) is 17.9 Å².